The van der Waals surface area contributed by atoms with E-state index < -0.39 is 0 Å². The van der Waals surface area contributed by atoms with Crippen molar-refractivity contribution in [1.82, 2.24) is 15.5 Å². The molecule has 0 amide bonds. The van der Waals surface area contributed by atoms with Crippen LogP contribution in [-0.2, 0) is 11.3 Å². The van der Waals surface area contributed by atoms with E-state index in [0.29, 0.717) is 18.5 Å². The topological polar surface area (TPSA) is 52.1 Å². The minimum absolute atomic E-state index is 0.506. The zero-order chi connectivity index (χ0) is 21.2. The quantitative estimate of drug-likeness (QED) is 0.370. The van der Waals surface area contributed by atoms with E-state index in [1.807, 2.05) is 0 Å². The highest BCUT2D eigenvalue weighted by Gasteiger charge is 2.22. The molecule has 2 heterocycles. The van der Waals surface area contributed by atoms with Crippen LogP contribution in [0.25, 0.3) is 0 Å². The van der Waals surface area contributed by atoms with Gasteiger partial charge in [-0.15, -0.1) is 0 Å². The third kappa shape index (κ3) is 7.03. The van der Waals surface area contributed by atoms with Crippen LogP contribution >= 0.6 is 0 Å². The highest BCUT2D eigenvalue weighted by molar-refractivity contribution is 5.79. The molecule has 1 atom stereocenters. The second-order valence-electron chi connectivity index (χ2n) is 8.55. The largest absolute Gasteiger partial charge is 0.379 e. The molecular weight excluding hydrogens is 374 g/mol. The van der Waals surface area contributed by atoms with Crippen LogP contribution in [-0.4, -0.2) is 69.4 Å². The number of nitrogens with one attached hydrogen (secondary N) is 2. The SMILES string of the molecule is CCNC(=NCc1ccc(N2CC=CC2)cc1)NCC(CC(C)C)N1CCOCC1. The number of rotatable bonds is 9. The molecule has 1 aromatic carbocycles. The van der Waals surface area contributed by atoms with Gasteiger partial charge < -0.3 is 20.3 Å². The molecule has 6 heteroatoms. The number of hydrogen-bond acceptors (Lipinski definition) is 4. The molecule has 2 aliphatic rings. The summed E-state index contributed by atoms with van der Waals surface area (Å²) in [6.07, 6.45) is 5.62. The van der Waals surface area contributed by atoms with Crippen molar-refractivity contribution in [1.29, 1.82) is 0 Å². The Labute approximate surface area is 182 Å². The molecule has 166 valence electrons. The summed E-state index contributed by atoms with van der Waals surface area (Å²) in [5, 5.41) is 6.99. The van der Waals surface area contributed by atoms with Crippen molar-refractivity contribution < 1.29 is 4.74 Å². The van der Waals surface area contributed by atoms with E-state index in [1.165, 1.54) is 17.7 Å². The van der Waals surface area contributed by atoms with Gasteiger partial charge in [-0.1, -0.05) is 38.1 Å². The number of ether oxygens (including phenoxy) is 1. The van der Waals surface area contributed by atoms with Crippen LogP contribution < -0.4 is 15.5 Å². The Kier molecular flexibility index (Phi) is 9.02. The molecule has 3 rings (SSSR count). The van der Waals surface area contributed by atoms with E-state index in [1.54, 1.807) is 0 Å². The maximum Gasteiger partial charge on any atom is 0.191 e. The lowest BCUT2D eigenvalue weighted by atomic mass is 10.0. The summed E-state index contributed by atoms with van der Waals surface area (Å²) in [5.74, 6) is 1.57. The van der Waals surface area contributed by atoms with Crippen molar-refractivity contribution >= 4 is 11.6 Å². The van der Waals surface area contributed by atoms with Crippen molar-refractivity contribution in [2.75, 3.05) is 57.4 Å². The van der Waals surface area contributed by atoms with Crippen LogP contribution in [0.4, 0.5) is 5.69 Å². The predicted octanol–water partition coefficient (Wildman–Crippen LogP) is 2.86. The van der Waals surface area contributed by atoms with Crippen LogP contribution in [0.15, 0.2) is 41.4 Å². The lowest BCUT2D eigenvalue weighted by molar-refractivity contribution is 0.0132. The Morgan fingerprint density at radius 3 is 2.40 bits per heavy atom. The highest BCUT2D eigenvalue weighted by atomic mass is 16.5. The summed E-state index contributed by atoms with van der Waals surface area (Å²) in [7, 11) is 0. The van der Waals surface area contributed by atoms with Gasteiger partial charge in [0.15, 0.2) is 5.96 Å². The fourth-order valence-corrected chi connectivity index (χ4v) is 4.08. The van der Waals surface area contributed by atoms with Crippen molar-refractivity contribution in [2.24, 2.45) is 10.9 Å². The van der Waals surface area contributed by atoms with Crippen LogP contribution in [0, 0.1) is 5.92 Å². The number of aliphatic imine (C=N–C) groups is 1. The van der Waals surface area contributed by atoms with Crippen LogP contribution in [0.2, 0.25) is 0 Å². The minimum atomic E-state index is 0.506. The molecule has 0 bridgehead atoms. The number of hydrogen-bond donors (Lipinski definition) is 2. The van der Waals surface area contributed by atoms with Crippen molar-refractivity contribution in [3.05, 3.63) is 42.0 Å². The van der Waals surface area contributed by atoms with Crippen LogP contribution in [0.3, 0.4) is 0 Å². The Hall–Kier alpha value is -2.05. The first-order valence-corrected chi connectivity index (χ1v) is 11.5. The second kappa shape index (κ2) is 12.0. The highest BCUT2D eigenvalue weighted by Crippen LogP contribution is 2.18. The number of benzene rings is 1. The average Bonchev–Trinajstić information content (AvgIpc) is 3.30. The van der Waals surface area contributed by atoms with E-state index in [2.05, 4.69) is 77.6 Å². The third-order valence-electron chi connectivity index (χ3n) is 5.69. The monoisotopic (exact) mass is 413 g/mol. The normalized spacial score (nSPS) is 18.8. The minimum Gasteiger partial charge on any atom is -0.379 e. The summed E-state index contributed by atoms with van der Waals surface area (Å²) >= 11 is 0. The smallest absolute Gasteiger partial charge is 0.191 e. The van der Waals surface area contributed by atoms with Gasteiger partial charge in [-0.3, -0.25) is 4.90 Å². The second-order valence-corrected chi connectivity index (χ2v) is 8.55. The number of anilines is 1. The summed E-state index contributed by atoms with van der Waals surface area (Å²) < 4.78 is 5.54. The van der Waals surface area contributed by atoms with Crippen molar-refractivity contribution in [2.45, 2.75) is 39.8 Å². The molecule has 0 spiro atoms. The van der Waals surface area contributed by atoms with E-state index in [-0.39, 0.29) is 0 Å². The molecular formula is C24H39N5O. The first-order chi connectivity index (χ1) is 14.7. The number of guanidine groups is 1. The molecule has 6 nitrogen and oxygen atoms in total. The molecule has 0 radical (unpaired) electrons. The molecule has 30 heavy (non-hydrogen) atoms. The van der Waals surface area contributed by atoms with Gasteiger partial charge in [0.25, 0.3) is 0 Å². The average molecular weight is 414 g/mol. The first-order valence-electron chi connectivity index (χ1n) is 11.5. The Morgan fingerprint density at radius 1 is 1.07 bits per heavy atom. The maximum atomic E-state index is 5.54. The molecule has 1 unspecified atom stereocenters. The van der Waals surface area contributed by atoms with Gasteiger partial charge in [-0.2, -0.15) is 0 Å². The molecule has 2 aliphatic heterocycles. The molecule has 0 aromatic heterocycles. The Balaban J connectivity index is 1.55. The van der Waals surface area contributed by atoms with Crippen LogP contribution in [0.5, 0.6) is 0 Å². The number of nitrogens with zero attached hydrogens (tertiary/aromatic N) is 3. The van der Waals surface area contributed by atoms with Gasteiger partial charge >= 0.3 is 0 Å². The van der Waals surface area contributed by atoms with Gasteiger partial charge in [0.05, 0.1) is 19.8 Å². The summed E-state index contributed by atoms with van der Waals surface area (Å²) in [5.41, 5.74) is 2.51. The van der Waals surface area contributed by atoms with E-state index in [9.17, 15) is 0 Å². The zero-order valence-corrected chi connectivity index (χ0v) is 18.9. The summed E-state index contributed by atoms with van der Waals surface area (Å²) in [4.78, 5) is 9.75. The van der Waals surface area contributed by atoms with E-state index in [0.717, 1.165) is 58.4 Å². The fourth-order valence-electron chi connectivity index (χ4n) is 4.08. The Bertz CT molecular complexity index is 671. The lowest BCUT2D eigenvalue weighted by Crippen LogP contribution is -2.51. The first kappa shape index (κ1) is 22.6. The standard InChI is InChI=1S/C24H39N5O/c1-4-25-24(27-19-23(17-20(2)3)29-13-15-30-16-14-29)26-18-21-7-9-22(10-8-21)28-11-5-6-12-28/h5-10,20,23H,4,11-19H2,1-3H3,(H2,25,26,27). The molecule has 1 fully saturated rings. The predicted molar refractivity (Wildman–Crippen MR) is 126 cm³/mol. The van der Waals surface area contributed by atoms with E-state index >= 15 is 0 Å². The van der Waals surface area contributed by atoms with Gasteiger partial charge in [0.1, 0.15) is 0 Å². The maximum absolute atomic E-state index is 5.54. The summed E-state index contributed by atoms with van der Waals surface area (Å²) in [6, 6.07) is 9.29. The zero-order valence-electron chi connectivity index (χ0n) is 18.9. The molecule has 1 saturated heterocycles. The van der Waals surface area contributed by atoms with E-state index in [4.69, 9.17) is 9.73 Å². The molecule has 0 saturated carbocycles. The van der Waals surface area contributed by atoms with Crippen LogP contribution in [0.1, 0.15) is 32.8 Å². The van der Waals surface area contributed by atoms with Gasteiger partial charge in [0.2, 0.25) is 0 Å². The lowest BCUT2D eigenvalue weighted by Gasteiger charge is -2.35. The third-order valence-corrected chi connectivity index (χ3v) is 5.69. The Morgan fingerprint density at radius 2 is 1.77 bits per heavy atom. The molecule has 2 N–H and O–H groups in total. The summed E-state index contributed by atoms with van der Waals surface area (Å²) in [6.45, 7) is 14.9. The van der Waals surface area contributed by atoms with Gasteiger partial charge in [-0.25, -0.2) is 4.99 Å². The number of morpholine rings is 1. The van der Waals surface area contributed by atoms with Gasteiger partial charge in [-0.05, 0) is 37.0 Å². The van der Waals surface area contributed by atoms with Gasteiger partial charge in [0, 0.05) is 51.0 Å². The molecule has 0 aliphatic carbocycles. The van der Waals surface area contributed by atoms with Crippen molar-refractivity contribution in [3.8, 4) is 0 Å². The van der Waals surface area contributed by atoms with Crippen molar-refractivity contribution in [3.63, 3.8) is 0 Å². The molecule has 1 aromatic rings. The fraction of sp³-hybridized carbons (Fsp3) is 0.625.